The highest BCUT2D eigenvalue weighted by Gasteiger charge is 2.32. The monoisotopic (exact) mass is 292 g/mol. The molecule has 1 aromatic heterocycles. The molecule has 1 aliphatic rings. The quantitative estimate of drug-likeness (QED) is 0.896. The minimum absolute atomic E-state index is 0.00857. The van der Waals surface area contributed by atoms with Gasteiger partial charge in [-0.3, -0.25) is 14.4 Å². The Morgan fingerprint density at radius 1 is 1.38 bits per heavy atom. The maximum absolute atomic E-state index is 12.4. The molecular weight excluding hydrogens is 272 g/mol. The van der Waals surface area contributed by atoms with Crippen LogP contribution in [0.3, 0.4) is 0 Å². The molecule has 6 nitrogen and oxygen atoms in total. The highest BCUT2D eigenvalue weighted by Crippen LogP contribution is 2.22. The summed E-state index contributed by atoms with van der Waals surface area (Å²) in [5.41, 5.74) is 0.628. The van der Waals surface area contributed by atoms with Crippen molar-refractivity contribution >= 4 is 11.9 Å². The molecule has 0 saturated carbocycles. The number of pyridine rings is 1. The standard InChI is InChI=1S/C15H20N2O4/c1-10-5-6-16(13(18)7-10)9-14(19)17-8-12(15(20)21)4-3-11(17)2/h5-7,11-12H,3-4,8-9H2,1-2H3,(H,20,21). The van der Waals surface area contributed by atoms with Gasteiger partial charge in [-0.15, -0.1) is 0 Å². The van der Waals surface area contributed by atoms with Gasteiger partial charge in [0.25, 0.3) is 5.56 Å². The van der Waals surface area contributed by atoms with E-state index in [1.807, 2.05) is 13.8 Å². The van der Waals surface area contributed by atoms with Crippen LogP contribution in [0.1, 0.15) is 25.3 Å². The zero-order chi connectivity index (χ0) is 15.6. The Morgan fingerprint density at radius 2 is 2.10 bits per heavy atom. The van der Waals surface area contributed by atoms with Crippen molar-refractivity contribution in [1.29, 1.82) is 0 Å². The maximum atomic E-state index is 12.4. The molecule has 1 saturated heterocycles. The number of rotatable bonds is 3. The minimum atomic E-state index is -0.868. The lowest BCUT2D eigenvalue weighted by Crippen LogP contribution is -2.49. The second-order valence-corrected chi connectivity index (χ2v) is 5.68. The van der Waals surface area contributed by atoms with Gasteiger partial charge in [-0.1, -0.05) is 0 Å². The van der Waals surface area contributed by atoms with Gasteiger partial charge in [-0.2, -0.15) is 0 Å². The Bertz CT molecular complexity index is 608. The van der Waals surface area contributed by atoms with Crippen molar-refractivity contribution in [2.45, 2.75) is 39.3 Å². The third-order valence-corrected chi connectivity index (χ3v) is 4.01. The van der Waals surface area contributed by atoms with E-state index in [1.165, 1.54) is 10.6 Å². The molecule has 1 aliphatic heterocycles. The molecule has 0 radical (unpaired) electrons. The molecule has 21 heavy (non-hydrogen) atoms. The number of likely N-dealkylation sites (tertiary alicyclic amines) is 1. The highest BCUT2D eigenvalue weighted by molar-refractivity contribution is 5.78. The van der Waals surface area contributed by atoms with Gasteiger partial charge in [-0.05, 0) is 38.3 Å². The zero-order valence-corrected chi connectivity index (χ0v) is 12.3. The molecule has 1 aromatic rings. The number of nitrogens with zero attached hydrogens (tertiary/aromatic N) is 2. The van der Waals surface area contributed by atoms with E-state index in [9.17, 15) is 14.4 Å². The minimum Gasteiger partial charge on any atom is -0.481 e. The van der Waals surface area contributed by atoms with Crippen LogP contribution in [0.2, 0.25) is 0 Å². The summed E-state index contributed by atoms with van der Waals surface area (Å²) < 4.78 is 1.35. The fraction of sp³-hybridized carbons (Fsp3) is 0.533. The molecule has 0 aromatic carbocycles. The third kappa shape index (κ3) is 3.51. The van der Waals surface area contributed by atoms with E-state index in [2.05, 4.69) is 0 Å². The summed E-state index contributed by atoms with van der Waals surface area (Å²) in [6, 6.07) is 3.26. The van der Waals surface area contributed by atoms with Crippen LogP contribution in [0.15, 0.2) is 23.1 Å². The van der Waals surface area contributed by atoms with Gasteiger partial charge in [0.05, 0.1) is 5.92 Å². The summed E-state index contributed by atoms with van der Waals surface area (Å²) in [6.45, 7) is 3.90. The summed E-state index contributed by atoms with van der Waals surface area (Å²) in [5.74, 6) is -1.59. The second-order valence-electron chi connectivity index (χ2n) is 5.68. The van der Waals surface area contributed by atoms with Gasteiger partial charge in [-0.25, -0.2) is 0 Å². The first-order valence-electron chi connectivity index (χ1n) is 7.08. The smallest absolute Gasteiger partial charge is 0.308 e. The van der Waals surface area contributed by atoms with Gasteiger partial charge in [0, 0.05) is 24.8 Å². The number of piperidine rings is 1. The molecule has 2 unspecified atom stereocenters. The number of carboxylic acid groups (broad SMARTS) is 1. The summed E-state index contributed by atoms with van der Waals surface area (Å²) >= 11 is 0. The molecule has 0 bridgehead atoms. The first-order valence-corrected chi connectivity index (χ1v) is 7.08. The summed E-state index contributed by atoms with van der Waals surface area (Å²) in [4.78, 5) is 36.8. The van der Waals surface area contributed by atoms with E-state index in [1.54, 1.807) is 17.2 Å². The fourth-order valence-electron chi connectivity index (χ4n) is 2.63. The normalized spacial score (nSPS) is 22.1. The van der Waals surface area contributed by atoms with E-state index >= 15 is 0 Å². The van der Waals surface area contributed by atoms with Crippen molar-refractivity contribution in [2.75, 3.05) is 6.54 Å². The van der Waals surface area contributed by atoms with Crippen molar-refractivity contribution in [2.24, 2.45) is 5.92 Å². The number of hydrogen-bond donors (Lipinski definition) is 1. The third-order valence-electron chi connectivity index (χ3n) is 4.01. The molecule has 114 valence electrons. The Balaban J connectivity index is 2.11. The predicted octanol–water partition coefficient (Wildman–Crippen LogP) is 0.868. The van der Waals surface area contributed by atoms with E-state index in [0.29, 0.717) is 12.8 Å². The van der Waals surface area contributed by atoms with Gasteiger partial charge >= 0.3 is 5.97 Å². The fourth-order valence-corrected chi connectivity index (χ4v) is 2.63. The van der Waals surface area contributed by atoms with Crippen molar-refractivity contribution < 1.29 is 14.7 Å². The van der Waals surface area contributed by atoms with Gasteiger partial charge < -0.3 is 14.6 Å². The Kier molecular flexibility index (Phi) is 4.45. The molecule has 1 amide bonds. The van der Waals surface area contributed by atoms with E-state index in [4.69, 9.17) is 5.11 Å². The summed E-state index contributed by atoms with van der Waals surface area (Å²) in [7, 11) is 0. The van der Waals surface area contributed by atoms with E-state index in [-0.39, 0.29) is 30.6 Å². The van der Waals surface area contributed by atoms with Crippen LogP contribution < -0.4 is 5.56 Å². The molecule has 2 atom stereocenters. The average Bonchev–Trinajstić information content (AvgIpc) is 2.42. The molecule has 2 heterocycles. The van der Waals surface area contributed by atoms with Crippen LogP contribution in [0, 0.1) is 12.8 Å². The Labute approximate surface area is 123 Å². The molecule has 1 N–H and O–H groups in total. The molecule has 2 rings (SSSR count). The van der Waals surface area contributed by atoms with Gasteiger partial charge in [0.15, 0.2) is 0 Å². The number of amides is 1. The number of aliphatic carboxylic acids is 1. The number of aromatic nitrogens is 1. The van der Waals surface area contributed by atoms with Gasteiger partial charge in [0.1, 0.15) is 6.54 Å². The van der Waals surface area contributed by atoms with Crippen molar-refractivity contribution in [3.63, 3.8) is 0 Å². The topological polar surface area (TPSA) is 79.6 Å². The summed E-state index contributed by atoms with van der Waals surface area (Å²) in [5, 5.41) is 9.10. The number of carboxylic acids is 1. The first-order chi connectivity index (χ1) is 9.88. The van der Waals surface area contributed by atoms with Crippen LogP contribution >= 0.6 is 0 Å². The lowest BCUT2D eigenvalue weighted by atomic mass is 9.93. The molecule has 6 heteroatoms. The molecule has 1 fully saturated rings. The SMILES string of the molecule is Cc1ccn(CC(=O)N2CC(C(=O)O)CCC2C)c(=O)c1. The Hall–Kier alpha value is -2.11. The van der Waals surface area contributed by atoms with Crippen molar-refractivity contribution in [1.82, 2.24) is 9.47 Å². The predicted molar refractivity (Wildman–Crippen MR) is 77.0 cm³/mol. The number of aryl methyl sites for hydroxylation is 1. The van der Waals surface area contributed by atoms with Crippen LogP contribution in [0.5, 0.6) is 0 Å². The van der Waals surface area contributed by atoms with Crippen LogP contribution in [-0.2, 0) is 16.1 Å². The van der Waals surface area contributed by atoms with Crippen LogP contribution in [-0.4, -0.2) is 39.0 Å². The number of carbonyl (C=O) groups excluding carboxylic acids is 1. The van der Waals surface area contributed by atoms with Crippen molar-refractivity contribution in [3.8, 4) is 0 Å². The molecule has 0 spiro atoms. The lowest BCUT2D eigenvalue weighted by Gasteiger charge is -2.36. The average molecular weight is 292 g/mol. The number of hydrogen-bond acceptors (Lipinski definition) is 3. The molecule has 0 aliphatic carbocycles. The highest BCUT2D eigenvalue weighted by atomic mass is 16.4. The summed E-state index contributed by atoms with van der Waals surface area (Å²) in [6.07, 6.45) is 2.86. The largest absolute Gasteiger partial charge is 0.481 e. The zero-order valence-electron chi connectivity index (χ0n) is 12.3. The second kappa shape index (κ2) is 6.11. The Morgan fingerprint density at radius 3 is 2.71 bits per heavy atom. The maximum Gasteiger partial charge on any atom is 0.308 e. The van der Waals surface area contributed by atoms with E-state index < -0.39 is 11.9 Å². The molecular formula is C15H20N2O4. The lowest BCUT2D eigenvalue weighted by molar-refractivity contribution is -0.147. The van der Waals surface area contributed by atoms with E-state index in [0.717, 1.165) is 5.56 Å². The van der Waals surface area contributed by atoms with Crippen molar-refractivity contribution in [3.05, 3.63) is 34.2 Å². The van der Waals surface area contributed by atoms with Crippen LogP contribution in [0.4, 0.5) is 0 Å². The number of carbonyl (C=O) groups is 2. The van der Waals surface area contributed by atoms with Crippen LogP contribution in [0.25, 0.3) is 0 Å². The first kappa shape index (κ1) is 15.3. The van der Waals surface area contributed by atoms with Gasteiger partial charge in [0.2, 0.25) is 5.91 Å².